The summed E-state index contributed by atoms with van der Waals surface area (Å²) in [6.45, 7) is 2.67. The van der Waals surface area contributed by atoms with Gasteiger partial charge in [-0.15, -0.1) is 10.2 Å². The minimum absolute atomic E-state index is 0.000752. The maximum Gasteiger partial charge on any atom is 0.269 e. The maximum absolute atomic E-state index is 11.6. The molecule has 0 unspecified atom stereocenters. The molecule has 29 heavy (non-hydrogen) atoms. The van der Waals surface area contributed by atoms with Crippen LogP contribution in [0.5, 0.6) is 0 Å². The van der Waals surface area contributed by atoms with Crippen molar-refractivity contribution in [1.82, 2.24) is 25.7 Å². The van der Waals surface area contributed by atoms with Gasteiger partial charge >= 0.3 is 0 Å². The molecule has 3 rings (SSSR count). The average molecular weight is 453 g/mol. The third-order valence-electron chi connectivity index (χ3n) is 3.41. The van der Waals surface area contributed by atoms with Gasteiger partial charge in [0.1, 0.15) is 0 Å². The molecule has 1 amide bonds. The summed E-state index contributed by atoms with van der Waals surface area (Å²) in [5.41, 5.74) is 0.632. The van der Waals surface area contributed by atoms with E-state index in [0.717, 1.165) is 15.1 Å². The van der Waals surface area contributed by atoms with Gasteiger partial charge in [-0.2, -0.15) is 4.98 Å². The second-order valence-electron chi connectivity index (χ2n) is 5.58. The highest BCUT2D eigenvalue weighted by Gasteiger charge is 2.13. The number of non-ortho nitro benzene ring substituents is 1. The second-order valence-corrected chi connectivity index (χ2v) is 9.00. The smallest absolute Gasteiger partial charge is 0.269 e. The van der Waals surface area contributed by atoms with E-state index in [-0.39, 0.29) is 11.6 Å². The number of amides is 1. The maximum atomic E-state index is 11.6. The van der Waals surface area contributed by atoms with E-state index in [1.165, 1.54) is 47.0 Å². The molecule has 0 aliphatic rings. The van der Waals surface area contributed by atoms with Gasteiger partial charge in [0.15, 0.2) is 8.68 Å². The SMILES string of the molecule is CCCNC(=O)CSc1nnc(SCc2nc(-c3ccc([N+](=O)[O-])cc3)no2)s1. The Hall–Kier alpha value is -2.51. The van der Waals surface area contributed by atoms with Crippen LogP contribution in [0.2, 0.25) is 0 Å². The third kappa shape index (κ3) is 6.24. The number of hydrogen-bond donors (Lipinski definition) is 1. The van der Waals surface area contributed by atoms with Crippen molar-refractivity contribution in [2.24, 2.45) is 0 Å². The topological polar surface area (TPSA) is 137 Å². The van der Waals surface area contributed by atoms with Gasteiger partial charge in [0.2, 0.25) is 17.6 Å². The molecule has 2 heterocycles. The lowest BCUT2D eigenvalue weighted by Gasteiger charge is -2.00. The van der Waals surface area contributed by atoms with Crippen LogP contribution < -0.4 is 5.32 Å². The van der Waals surface area contributed by atoms with Crippen LogP contribution in [-0.2, 0) is 10.5 Å². The summed E-state index contributed by atoms with van der Waals surface area (Å²) in [6, 6.07) is 5.93. The van der Waals surface area contributed by atoms with Crippen LogP contribution in [0.4, 0.5) is 5.69 Å². The van der Waals surface area contributed by atoms with Gasteiger partial charge in [0, 0.05) is 24.2 Å². The molecule has 0 atom stereocenters. The summed E-state index contributed by atoms with van der Waals surface area (Å²) in [7, 11) is 0. The lowest BCUT2D eigenvalue weighted by Crippen LogP contribution is -2.25. The monoisotopic (exact) mass is 452 g/mol. The zero-order valence-corrected chi connectivity index (χ0v) is 17.7. The van der Waals surface area contributed by atoms with Crippen LogP contribution in [-0.4, -0.2) is 43.5 Å². The summed E-state index contributed by atoms with van der Waals surface area (Å²) in [5.74, 6) is 1.47. The highest BCUT2D eigenvalue weighted by atomic mass is 32.2. The van der Waals surface area contributed by atoms with Crippen molar-refractivity contribution in [3.8, 4) is 11.4 Å². The molecule has 0 aliphatic carbocycles. The Kier molecular flexibility index (Phi) is 7.55. The summed E-state index contributed by atoms with van der Waals surface area (Å²) in [5, 5.41) is 25.6. The van der Waals surface area contributed by atoms with Crippen LogP contribution >= 0.6 is 34.9 Å². The first-order chi connectivity index (χ1) is 14.0. The Morgan fingerprint density at radius 3 is 2.66 bits per heavy atom. The van der Waals surface area contributed by atoms with Gasteiger partial charge in [-0.1, -0.05) is 46.9 Å². The summed E-state index contributed by atoms with van der Waals surface area (Å²) >= 11 is 4.14. The van der Waals surface area contributed by atoms with Gasteiger partial charge < -0.3 is 9.84 Å². The van der Waals surface area contributed by atoms with Crippen LogP contribution in [0.3, 0.4) is 0 Å². The second kappa shape index (κ2) is 10.3. The molecule has 0 saturated carbocycles. The van der Waals surface area contributed by atoms with E-state index in [1.807, 2.05) is 6.92 Å². The lowest BCUT2D eigenvalue weighted by atomic mass is 10.2. The zero-order chi connectivity index (χ0) is 20.6. The molecule has 0 radical (unpaired) electrons. The molecular formula is C16H16N6O4S3. The fraction of sp³-hybridized carbons (Fsp3) is 0.312. The van der Waals surface area contributed by atoms with Crippen molar-refractivity contribution in [3.63, 3.8) is 0 Å². The number of benzene rings is 1. The summed E-state index contributed by atoms with van der Waals surface area (Å²) in [6.07, 6.45) is 0.900. The molecule has 152 valence electrons. The van der Waals surface area contributed by atoms with Gasteiger partial charge in [-0.25, -0.2) is 0 Å². The molecule has 0 spiro atoms. The largest absolute Gasteiger partial charge is 0.355 e. The predicted octanol–water partition coefficient (Wildman–Crippen LogP) is 3.41. The molecule has 1 aromatic carbocycles. The Morgan fingerprint density at radius 2 is 1.97 bits per heavy atom. The van der Waals surface area contributed by atoms with E-state index in [9.17, 15) is 14.9 Å². The predicted molar refractivity (Wildman–Crippen MR) is 110 cm³/mol. The third-order valence-corrected chi connectivity index (χ3v) is 6.59. The van der Waals surface area contributed by atoms with E-state index in [0.29, 0.717) is 35.3 Å². The minimum atomic E-state index is -0.464. The minimum Gasteiger partial charge on any atom is -0.355 e. The summed E-state index contributed by atoms with van der Waals surface area (Å²) in [4.78, 5) is 26.2. The fourth-order valence-electron chi connectivity index (χ4n) is 2.04. The van der Waals surface area contributed by atoms with Crippen molar-refractivity contribution in [2.75, 3.05) is 12.3 Å². The van der Waals surface area contributed by atoms with E-state index in [2.05, 4.69) is 25.7 Å². The first-order valence-corrected chi connectivity index (χ1v) is 11.3. The van der Waals surface area contributed by atoms with Crippen molar-refractivity contribution >= 4 is 46.5 Å². The number of nitro benzene ring substituents is 1. The Balaban J connectivity index is 1.50. The van der Waals surface area contributed by atoms with Crippen molar-refractivity contribution < 1.29 is 14.2 Å². The number of nitro groups is 1. The first-order valence-electron chi connectivity index (χ1n) is 8.48. The number of nitrogens with one attached hydrogen (secondary N) is 1. The highest BCUT2D eigenvalue weighted by molar-refractivity contribution is 8.03. The fourth-order valence-corrected chi connectivity index (χ4v) is 4.73. The Morgan fingerprint density at radius 1 is 1.24 bits per heavy atom. The van der Waals surface area contributed by atoms with Crippen LogP contribution in [0.1, 0.15) is 19.2 Å². The molecule has 10 nitrogen and oxygen atoms in total. The Labute approximate surface area is 178 Å². The van der Waals surface area contributed by atoms with E-state index in [1.54, 1.807) is 12.1 Å². The number of carbonyl (C=O) groups is 1. The molecule has 2 aromatic heterocycles. The molecule has 3 aromatic rings. The van der Waals surface area contributed by atoms with Crippen molar-refractivity contribution in [2.45, 2.75) is 27.8 Å². The number of thioether (sulfide) groups is 2. The van der Waals surface area contributed by atoms with E-state index < -0.39 is 4.92 Å². The van der Waals surface area contributed by atoms with Gasteiger partial charge in [-0.05, 0) is 18.6 Å². The van der Waals surface area contributed by atoms with Crippen LogP contribution in [0.25, 0.3) is 11.4 Å². The summed E-state index contributed by atoms with van der Waals surface area (Å²) < 4.78 is 6.68. The van der Waals surface area contributed by atoms with Crippen LogP contribution in [0, 0.1) is 10.1 Å². The molecule has 1 N–H and O–H groups in total. The van der Waals surface area contributed by atoms with Gasteiger partial charge in [0.05, 0.1) is 16.4 Å². The van der Waals surface area contributed by atoms with E-state index in [4.69, 9.17) is 4.52 Å². The van der Waals surface area contributed by atoms with E-state index >= 15 is 0 Å². The zero-order valence-electron chi connectivity index (χ0n) is 15.2. The number of nitrogens with zero attached hydrogens (tertiary/aromatic N) is 5. The molecule has 0 fully saturated rings. The molecule has 0 saturated heterocycles. The highest BCUT2D eigenvalue weighted by Crippen LogP contribution is 2.30. The van der Waals surface area contributed by atoms with Gasteiger partial charge in [-0.3, -0.25) is 14.9 Å². The average Bonchev–Trinajstić information content (AvgIpc) is 3.38. The normalized spacial score (nSPS) is 10.8. The number of hydrogen-bond acceptors (Lipinski definition) is 11. The lowest BCUT2D eigenvalue weighted by molar-refractivity contribution is -0.384. The number of carbonyl (C=O) groups excluding carboxylic acids is 1. The number of rotatable bonds is 10. The molecular weight excluding hydrogens is 436 g/mol. The molecule has 0 aliphatic heterocycles. The standard InChI is InChI=1S/C16H16N6O4S3/c1-2-7-17-12(23)8-27-15-19-20-16(29-15)28-9-13-18-14(21-26-13)10-3-5-11(6-4-10)22(24)25/h3-6H,2,7-9H2,1H3,(H,17,23). The van der Waals surface area contributed by atoms with Crippen LogP contribution in [0.15, 0.2) is 37.5 Å². The first kappa shape index (κ1) is 21.2. The van der Waals surface area contributed by atoms with Gasteiger partial charge in [0.25, 0.3) is 5.69 Å². The van der Waals surface area contributed by atoms with Crippen molar-refractivity contribution in [3.05, 3.63) is 40.3 Å². The van der Waals surface area contributed by atoms with Crippen molar-refractivity contribution in [1.29, 1.82) is 0 Å². The molecule has 0 bridgehead atoms. The molecule has 13 heteroatoms. The Bertz CT molecular complexity index is 975. The quantitative estimate of drug-likeness (QED) is 0.277. The number of aromatic nitrogens is 4.